The van der Waals surface area contributed by atoms with E-state index in [-0.39, 0.29) is 17.9 Å². The Bertz CT molecular complexity index is 570. The molecule has 3 rings (SSSR count). The first-order valence-electron chi connectivity index (χ1n) is 8.22. The van der Waals surface area contributed by atoms with Crippen LogP contribution in [0.5, 0.6) is 0 Å². The van der Waals surface area contributed by atoms with Gasteiger partial charge in [0.15, 0.2) is 5.16 Å². The van der Waals surface area contributed by atoms with Crippen LogP contribution in [0, 0.1) is 0 Å². The molecule has 0 saturated carbocycles. The van der Waals surface area contributed by atoms with E-state index in [2.05, 4.69) is 10.2 Å². The number of likely N-dealkylation sites (tertiary alicyclic amines) is 2. The van der Waals surface area contributed by atoms with E-state index in [9.17, 15) is 9.59 Å². The van der Waals surface area contributed by atoms with Crippen LogP contribution in [0.4, 0.5) is 0 Å². The Morgan fingerprint density at radius 1 is 1.22 bits per heavy atom. The largest absolute Gasteiger partial charge is 0.341 e. The fraction of sp³-hybridized carbons (Fsp3) is 0.733. The highest BCUT2D eigenvalue weighted by Crippen LogP contribution is 2.23. The zero-order valence-electron chi connectivity index (χ0n) is 13.5. The fourth-order valence-electron chi connectivity index (χ4n) is 3.26. The minimum Gasteiger partial charge on any atom is -0.341 e. The monoisotopic (exact) mass is 337 g/mol. The van der Waals surface area contributed by atoms with Crippen molar-refractivity contribution in [3.05, 3.63) is 6.33 Å². The Balaban J connectivity index is 1.58. The average Bonchev–Trinajstić information content (AvgIpc) is 3.22. The second-order valence-electron chi connectivity index (χ2n) is 6.14. The molecule has 0 aliphatic carbocycles. The topological polar surface area (TPSA) is 71.3 Å². The van der Waals surface area contributed by atoms with Gasteiger partial charge in [-0.25, -0.2) is 0 Å². The number of carbonyl (C=O) groups is 2. The summed E-state index contributed by atoms with van der Waals surface area (Å²) >= 11 is 1.37. The predicted molar refractivity (Wildman–Crippen MR) is 86.9 cm³/mol. The molecule has 0 unspecified atom stereocenters. The molecule has 7 nitrogen and oxygen atoms in total. The van der Waals surface area contributed by atoms with Gasteiger partial charge in [0.1, 0.15) is 12.4 Å². The van der Waals surface area contributed by atoms with E-state index < -0.39 is 0 Å². The summed E-state index contributed by atoms with van der Waals surface area (Å²) in [7, 11) is 1.85. The molecule has 2 amide bonds. The second kappa shape index (κ2) is 7.33. The summed E-state index contributed by atoms with van der Waals surface area (Å²) in [6, 6.07) is -0.263. The lowest BCUT2D eigenvalue weighted by Crippen LogP contribution is -2.49. The third-order valence-electron chi connectivity index (χ3n) is 4.52. The van der Waals surface area contributed by atoms with Crippen molar-refractivity contribution >= 4 is 23.6 Å². The number of thioether (sulfide) groups is 1. The lowest BCUT2D eigenvalue weighted by molar-refractivity contribution is -0.143. The van der Waals surface area contributed by atoms with Crippen molar-refractivity contribution < 1.29 is 9.59 Å². The van der Waals surface area contributed by atoms with E-state index in [0.29, 0.717) is 12.3 Å². The summed E-state index contributed by atoms with van der Waals surface area (Å²) in [4.78, 5) is 28.9. The van der Waals surface area contributed by atoms with Gasteiger partial charge in [0.25, 0.3) is 0 Å². The van der Waals surface area contributed by atoms with Gasteiger partial charge in [-0.15, -0.1) is 10.2 Å². The van der Waals surface area contributed by atoms with Crippen LogP contribution in [0.1, 0.15) is 32.1 Å². The Morgan fingerprint density at radius 3 is 2.70 bits per heavy atom. The van der Waals surface area contributed by atoms with Gasteiger partial charge in [0, 0.05) is 26.7 Å². The molecule has 0 N–H and O–H groups in total. The minimum atomic E-state index is -0.263. The van der Waals surface area contributed by atoms with Crippen LogP contribution in [0.3, 0.4) is 0 Å². The lowest BCUT2D eigenvalue weighted by atomic mass is 10.1. The van der Waals surface area contributed by atoms with Crippen LogP contribution in [-0.4, -0.2) is 67.8 Å². The maximum absolute atomic E-state index is 12.7. The first-order chi connectivity index (χ1) is 11.2. The van der Waals surface area contributed by atoms with E-state index >= 15 is 0 Å². The van der Waals surface area contributed by atoms with Crippen LogP contribution < -0.4 is 0 Å². The number of piperidine rings is 1. The van der Waals surface area contributed by atoms with Crippen molar-refractivity contribution in [2.24, 2.45) is 7.05 Å². The van der Waals surface area contributed by atoms with Gasteiger partial charge in [-0.3, -0.25) is 9.59 Å². The van der Waals surface area contributed by atoms with Crippen molar-refractivity contribution in [1.82, 2.24) is 24.6 Å². The molecule has 8 heteroatoms. The molecule has 1 atom stereocenters. The van der Waals surface area contributed by atoms with E-state index in [1.54, 1.807) is 15.8 Å². The summed E-state index contributed by atoms with van der Waals surface area (Å²) in [6.45, 7) is 2.36. The van der Waals surface area contributed by atoms with Crippen LogP contribution in [-0.2, 0) is 16.6 Å². The molecule has 1 aromatic heterocycles. The SMILES string of the molecule is Cn1cnnc1SCC(=O)N1CCC[C@H]1C(=O)N1CCCCC1. The third kappa shape index (κ3) is 3.68. The van der Waals surface area contributed by atoms with Gasteiger partial charge in [-0.1, -0.05) is 11.8 Å². The number of nitrogens with zero attached hydrogens (tertiary/aromatic N) is 5. The van der Waals surface area contributed by atoms with Crippen molar-refractivity contribution in [2.75, 3.05) is 25.4 Å². The highest BCUT2D eigenvalue weighted by atomic mass is 32.2. The molecule has 2 aliphatic heterocycles. The fourth-order valence-corrected chi connectivity index (χ4v) is 4.03. The van der Waals surface area contributed by atoms with E-state index in [0.717, 1.165) is 43.9 Å². The Labute approximate surface area is 140 Å². The number of rotatable bonds is 4. The van der Waals surface area contributed by atoms with Crippen LogP contribution in [0.2, 0.25) is 0 Å². The van der Waals surface area contributed by atoms with E-state index in [1.807, 2.05) is 11.9 Å². The van der Waals surface area contributed by atoms with Crippen LogP contribution in [0.25, 0.3) is 0 Å². The molecule has 0 spiro atoms. The second-order valence-corrected chi connectivity index (χ2v) is 7.09. The van der Waals surface area contributed by atoms with Crippen LogP contribution >= 0.6 is 11.8 Å². The zero-order chi connectivity index (χ0) is 16.2. The first-order valence-corrected chi connectivity index (χ1v) is 9.20. The molecule has 126 valence electrons. The van der Waals surface area contributed by atoms with Crippen molar-refractivity contribution in [3.8, 4) is 0 Å². The number of amides is 2. The highest BCUT2D eigenvalue weighted by molar-refractivity contribution is 7.99. The summed E-state index contributed by atoms with van der Waals surface area (Å²) in [5.41, 5.74) is 0. The Hall–Kier alpha value is -1.57. The van der Waals surface area contributed by atoms with Crippen molar-refractivity contribution in [1.29, 1.82) is 0 Å². The summed E-state index contributed by atoms with van der Waals surface area (Å²) in [5, 5.41) is 8.50. The molecule has 2 aliphatic rings. The summed E-state index contributed by atoms with van der Waals surface area (Å²) in [5.74, 6) is 0.459. The predicted octanol–water partition coefficient (Wildman–Crippen LogP) is 0.911. The Morgan fingerprint density at radius 2 is 2.00 bits per heavy atom. The average molecular weight is 337 g/mol. The number of aromatic nitrogens is 3. The lowest BCUT2D eigenvalue weighted by Gasteiger charge is -2.32. The summed E-state index contributed by atoms with van der Waals surface area (Å²) in [6.07, 6.45) is 6.67. The smallest absolute Gasteiger partial charge is 0.245 e. The van der Waals surface area contributed by atoms with Gasteiger partial charge < -0.3 is 14.4 Å². The first kappa shape index (κ1) is 16.3. The zero-order valence-corrected chi connectivity index (χ0v) is 14.3. The van der Waals surface area contributed by atoms with Gasteiger partial charge >= 0.3 is 0 Å². The minimum absolute atomic E-state index is 0.0193. The number of aryl methyl sites for hydroxylation is 1. The number of hydrogen-bond acceptors (Lipinski definition) is 5. The van der Waals surface area contributed by atoms with Gasteiger partial charge in [-0.2, -0.15) is 0 Å². The summed E-state index contributed by atoms with van der Waals surface area (Å²) < 4.78 is 1.79. The third-order valence-corrected chi connectivity index (χ3v) is 5.54. The van der Waals surface area contributed by atoms with Gasteiger partial charge in [-0.05, 0) is 32.1 Å². The maximum Gasteiger partial charge on any atom is 0.245 e. The maximum atomic E-state index is 12.7. The molecule has 2 fully saturated rings. The van der Waals surface area contributed by atoms with Crippen molar-refractivity contribution in [2.45, 2.75) is 43.3 Å². The molecular formula is C15H23N5O2S. The molecule has 0 aromatic carbocycles. The van der Waals surface area contributed by atoms with Gasteiger partial charge in [0.05, 0.1) is 5.75 Å². The van der Waals surface area contributed by atoms with Crippen molar-refractivity contribution in [3.63, 3.8) is 0 Å². The van der Waals surface area contributed by atoms with Crippen LogP contribution in [0.15, 0.2) is 11.5 Å². The quantitative estimate of drug-likeness (QED) is 0.764. The van der Waals surface area contributed by atoms with E-state index in [1.165, 1.54) is 18.2 Å². The molecule has 0 radical (unpaired) electrons. The Kier molecular flexibility index (Phi) is 5.20. The molecule has 3 heterocycles. The number of hydrogen-bond donors (Lipinski definition) is 0. The molecule has 1 aromatic rings. The molecule has 0 bridgehead atoms. The number of carbonyl (C=O) groups excluding carboxylic acids is 2. The molecular weight excluding hydrogens is 314 g/mol. The molecule has 23 heavy (non-hydrogen) atoms. The van der Waals surface area contributed by atoms with E-state index in [4.69, 9.17) is 0 Å². The normalized spacial score (nSPS) is 21.7. The standard InChI is InChI=1S/C15H23N5O2S/c1-18-11-16-17-15(18)23-10-13(21)20-9-5-6-12(20)14(22)19-7-3-2-4-8-19/h11-12H,2-10H2,1H3/t12-/m0/s1. The van der Waals surface area contributed by atoms with Gasteiger partial charge in [0.2, 0.25) is 11.8 Å². The molecule has 2 saturated heterocycles. The highest BCUT2D eigenvalue weighted by Gasteiger charge is 2.36.